The number of carbonyl (C=O) groups is 1. The van der Waals surface area contributed by atoms with Crippen molar-refractivity contribution in [3.63, 3.8) is 0 Å². The number of para-hydroxylation sites is 2. The van der Waals surface area contributed by atoms with Gasteiger partial charge in [0.25, 0.3) is 0 Å². The molecule has 0 saturated carbocycles. The lowest BCUT2D eigenvalue weighted by Crippen LogP contribution is -2.29. The van der Waals surface area contributed by atoms with E-state index in [0.717, 1.165) is 35.8 Å². The molecule has 3 rings (SSSR count). The highest BCUT2D eigenvalue weighted by molar-refractivity contribution is 5.93. The van der Waals surface area contributed by atoms with E-state index in [-0.39, 0.29) is 6.03 Å². The molecule has 1 aromatic heterocycles. The number of aromatic nitrogens is 1. The van der Waals surface area contributed by atoms with E-state index in [1.165, 1.54) is 25.7 Å². The molecule has 0 bridgehead atoms. The zero-order chi connectivity index (χ0) is 19.1. The zero-order valence-corrected chi connectivity index (χ0v) is 16.2. The highest BCUT2D eigenvalue weighted by Crippen LogP contribution is 2.23. The molecule has 0 aliphatic carbocycles. The van der Waals surface area contributed by atoms with Crippen LogP contribution in [0.5, 0.6) is 0 Å². The lowest BCUT2D eigenvalue weighted by atomic mass is 10.2. The van der Waals surface area contributed by atoms with Crippen LogP contribution in [0.2, 0.25) is 0 Å². The van der Waals surface area contributed by atoms with Gasteiger partial charge in [-0.05, 0) is 36.6 Å². The Balaban J connectivity index is 1.53. The van der Waals surface area contributed by atoms with Crippen molar-refractivity contribution >= 4 is 23.2 Å². The molecule has 0 spiro atoms. The van der Waals surface area contributed by atoms with Crippen LogP contribution in [-0.4, -0.2) is 38.2 Å². The van der Waals surface area contributed by atoms with Crippen LogP contribution < -0.4 is 20.4 Å². The van der Waals surface area contributed by atoms with Crippen molar-refractivity contribution in [2.75, 3.05) is 42.3 Å². The first-order valence-corrected chi connectivity index (χ1v) is 9.64. The predicted octanol–water partition coefficient (Wildman–Crippen LogP) is 3.85. The summed E-state index contributed by atoms with van der Waals surface area (Å²) < 4.78 is 0. The molecule has 0 radical (unpaired) electrons. The van der Waals surface area contributed by atoms with Crippen molar-refractivity contribution in [2.45, 2.75) is 32.2 Å². The zero-order valence-electron chi connectivity index (χ0n) is 16.2. The van der Waals surface area contributed by atoms with E-state index in [2.05, 4.69) is 26.6 Å². The number of nitrogens with zero attached hydrogens (tertiary/aromatic N) is 3. The maximum Gasteiger partial charge on any atom is 0.319 e. The van der Waals surface area contributed by atoms with Crippen LogP contribution >= 0.6 is 0 Å². The lowest BCUT2D eigenvalue weighted by Gasteiger charge is -2.21. The third kappa shape index (κ3) is 5.36. The van der Waals surface area contributed by atoms with Gasteiger partial charge in [0, 0.05) is 39.9 Å². The molecule has 1 aromatic carbocycles. The van der Waals surface area contributed by atoms with Crippen molar-refractivity contribution in [1.82, 2.24) is 10.3 Å². The van der Waals surface area contributed by atoms with Crippen molar-refractivity contribution in [1.29, 1.82) is 0 Å². The quantitative estimate of drug-likeness (QED) is 0.843. The molecule has 2 heterocycles. The molecule has 2 aromatic rings. The second-order valence-corrected chi connectivity index (χ2v) is 7.15. The first-order valence-electron chi connectivity index (χ1n) is 9.64. The molecule has 6 nitrogen and oxygen atoms in total. The van der Waals surface area contributed by atoms with Gasteiger partial charge in [-0.15, -0.1) is 0 Å². The molecule has 27 heavy (non-hydrogen) atoms. The second kappa shape index (κ2) is 9.26. The fraction of sp³-hybridized carbons (Fsp3) is 0.429. The Morgan fingerprint density at radius 3 is 2.48 bits per heavy atom. The van der Waals surface area contributed by atoms with Gasteiger partial charge < -0.3 is 20.4 Å². The molecule has 1 saturated heterocycles. The smallest absolute Gasteiger partial charge is 0.319 e. The summed E-state index contributed by atoms with van der Waals surface area (Å²) in [6.07, 6.45) is 6.95. The minimum absolute atomic E-state index is 0.221. The van der Waals surface area contributed by atoms with Gasteiger partial charge in [0.2, 0.25) is 0 Å². The topological polar surface area (TPSA) is 60.5 Å². The van der Waals surface area contributed by atoms with Crippen LogP contribution in [0.15, 0.2) is 42.6 Å². The van der Waals surface area contributed by atoms with Gasteiger partial charge in [-0.2, -0.15) is 0 Å². The minimum Gasteiger partial charge on any atom is -0.376 e. The Kier molecular flexibility index (Phi) is 6.52. The number of hydrogen-bond acceptors (Lipinski definition) is 4. The summed E-state index contributed by atoms with van der Waals surface area (Å²) in [6, 6.07) is 11.6. The Hall–Kier alpha value is -2.76. The Labute approximate surface area is 161 Å². The van der Waals surface area contributed by atoms with Gasteiger partial charge in [0.15, 0.2) is 0 Å². The van der Waals surface area contributed by atoms with Crippen LogP contribution in [0, 0.1) is 0 Å². The molecule has 2 N–H and O–H groups in total. The SMILES string of the molecule is CN(C)c1ccccc1NC(=O)NCc1ccc(N2CCCCCC2)nc1. The second-order valence-electron chi connectivity index (χ2n) is 7.15. The van der Waals surface area contributed by atoms with E-state index in [1.54, 1.807) is 0 Å². The highest BCUT2D eigenvalue weighted by atomic mass is 16.2. The normalized spacial score (nSPS) is 14.4. The van der Waals surface area contributed by atoms with Crippen LogP contribution in [0.25, 0.3) is 0 Å². The number of rotatable bonds is 5. The summed E-state index contributed by atoms with van der Waals surface area (Å²) in [4.78, 5) is 21.2. The fourth-order valence-corrected chi connectivity index (χ4v) is 3.33. The molecule has 1 fully saturated rings. The van der Waals surface area contributed by atoms with Gasteiger partial charge >= 0.3 is 6.03 Å². The number of pyridine rings is 1. The van der Waals surface area contributed by atoms with Crippen LogP contribution in [0.4, 0.5) is 22.0 Å². The van der Waals surface area contributed by atoms with E-state index in [9.17, 15) is 4.79 Å². The molecule has 144 valence electrons. The van der Waals surface area contributed by atoms with Crippen molar-refractivity contribution in [2.24, 2.45) is 0 Å². The van der Waals surface area contributed by atoms with E-state index < -0.39 is 0 Å². The Morgan fingerprint density at radius 2 is 1.81 bits per heavy atom. The van der Waals surface area contributed by atoms with Gasteiger partial charge in [0.05, 0.1) is 11.4 Å². The van der Waals surface area contributed by atoms with Crippen molar-refractivity contribution in [3.8, 4) is 0 Å². The number of carbonyl (C=O) groups excluding carboxylic acids is 1. The molecule has 1 aliphatic rings. The van der Waals surface area contributed by atoms with Crippen LogP contribution in [-0.2, 0) is 6.54 Å². The van der Waals surface area contributed by atoms with E-state index in [0.29, 0.717) is 6.54 Å². The minimum atomic E-state index is -0.221. The van der Waals surface area contributed by atoms with E-state index in [4.69, 9.17) is 0 Å². The molecular weight excluding hydrogens is 338 g/mol. The fourth-order valence-electron chi connectivity index (χ4n) is 3.33. The Morgan fingerprint density at radius 1 is 1.07 bits per heavy atom. The number of urea groups is 1. The Bertz CT molecular complexity index is 736. The average Bonchev–Trinajstić information content (AvgIpc) is 2.96. The van der Waals surface area contributed by atoms with E-state index >= 15 is 0 Å². The maximum atomic E-state index is 12.2. The van der Waals surface area contributed by atoms with Crippen LogP contribution in [0.3, 0.4) is 0 Å². The molecule has 6 heteroatoms. The number of nitrogens with one attached hydrogen (secondary N) is 2. The van der Waals surface area contributed by atoms with Crippen molar-refractivity contribution < 1.29 is 4.79 Å². The molecule has 0 unspecified atom stereocenters. The first-order chi connectivity index (χ1) is 13.1. The molecule has 1 aliphatic heterocycles. The standard InChI is InChI=1S/C21H29N5O/c1-25(2)19-10-6-5-9-18(19)24-21(27)23-16-17-11-12-20(22-15-17)26-13-7-3-4-8-14-26/h5-6,9-12,15H,3-4,7-8,13-14,16H2,1-2H3,(H2,23,24,27). The largest absolute Gasteiger partial charge is 0.376 e. The summed E-state index contributed by atoms with van der Waals surface area (Å²) in [7, 11) is 3.91. The molecular formula is C21H29N5O. The van der Waals surface area contributed by atoms with E-state index in [1.807, 2.05) is 55.5 Å². The third-order valence-electron chi connectivity index (χ3n) is 4.83. The predicted molar refractivity (Wildman–Crippen MR) is 112 cm³/mol. The summed E-state index contributed by atoms with van der Waals surface area (Å²) in [5.41, 5.74) is 2.75. The molecule has 2 amide bonds. The van der Waals surface area contributed by atoms with Gasteiger partial charge in [-0.25, -0.2) is 9.78 Å². The van der Waals surface area contributed by atoms with Gasteiger partial charge in [-0.3, -0.25) is 0 Å². The molecule has 0 atom stereocenters. The third-order valence-corrected chi connectivity index (χ3v) is 4.83. The van der Waals surface area contributed by atoms with Gasteiger partial charge in [0.1, 0.15) is 5.82 Å². The summed E-state index contributed by atoms with van der Waals surface area (Å²) >= 11 is 0. The summed E-state index contributed by atoms with van der Waals surface area (Å²) in [5, 5.41) is 5.81. The lowest BCUT2D eigenvalue weighted by molar-refractivity contribution is 0.251. The van der Waals surface area contributed by atoms with Gasteiger partial charge in [-0.1, -0.05) is 31.0 Å². The highest BCUT2D eigenvalue weighted by Gasteiger charge is 2.11. The number of benzene rings is 1. The van der Waals surface area contributed by atoms with Crippen LogP contribution in [0.1, 0.15) is 31.2 Å². The van der Waals surface area contributed by atoms with Crippen molar-refractivity contribution in [3.05, 3.63) is 48.2 Å². The summed E-state index contributed by atoms with van der Waals surface area (Å²) in [5.74, 6) is 1.03. The maximum absolute atomic E-state index is 12.2. The number of anilines is 3. The number of hydrogen-bond donors (Lipinski definition) is 2. The average molecular weight is 367 g/mol. The monoisotopic (exact) mass is 367 g/mol. The summed E-state index contributed by atoms with van der Waals surface area (Å²) in [6.45, 7) is 2.61. The first kappa shape index (κ1) is 19.0. The number of amides is 2.